The van der Waals surface area contributed by atoms with Crippen molar-refractivity contribution < 1.29 is 12.8 Å². The van der Waals surface area contributed by atoms with Crippen LogP contribution >= 0.6 is 0 Å². The highest BCUT2D eigenvalue weighted by Gasteiger charge is 1.95. The average Bonchev–Trinajstić information content (AvgIpc) is 2.06. The molecule has 0 atom stereocenters. The highest BCUT2D eigenvalue weighted by atomic mass is 32.2. The van der Waals surface area contributed by atoms with Gasteiger partial charge < -0.3 is 0 Å². The second kappa shape index (κ2) is 4.21. The van der Waals surface area contributed by atoms with Crippen molar-refractivity contribution >= 4 is 10.7 Å². The number of alkyl halides is 1. The van der Waals surface area contributed by atoms with Gasteiger partial charge in [-0.3, -0.25) is 4.39 Å². The van der Waals surface area contributed by atoms with Crippen LogP contribution in [0.15, 0.2) is 29.2 Å². The molecule has 0 bridgehead atoms. The Morgan fingerprint density at radius 3 is 2.17 bits per heavy atom. The number of halogens is 1. The lowest BCUT2D eigenvalue weighted by Gasteiger charge is -1.95. The zero-order chi connectivity index (χ0) is 8.97. The molecule has 4 heteroatoms. The minimum absolute atomic E-state index is 0.271. The highest BCUT2D eigenvalue weighted by molar-refractivity contribution is 7.72. The zero-order valence-corrected chi connectivity index (χ0v) is 7.26. The lowest BCUT2D eigenvalue weighted by atomic mass is 10.2. The molecule has 0 radical (unpaired) electrons. The number of hydrogen-bond donors (Lipinski definition) is 1. The van der Waals surface area contributed by atoms with Crippen LogP contribution in [0.2, 0.25) is 0 Å². The molecule has 0 fully saturated rings. The first-order chi connectivity index (χ1) is 5.74. The van der Waals surface area contributed by atoms with Crippen molar-refractivity contribution in [2.45, 2.75) is 11.3 Å². The summed E-state index contributed by atoms with van der Waals surface area (Å²) in [5, 5.41) is 0. The molecule has 66 valence electrons. The van der Waals surface area contributed by atoms with Gasteiger partial charge in [0.05, 0.1) is 11.6 Å². The standard InChI is InChI=1S/C8H9FO2S/c9-6-5-7-1-3-8(4-2-7)12(10)11/h1-4,12H,5-6H2. The van der Waals surface area contributed by atoms with Crippen LogP contribution in [0.3, 0.4) is 0 Å². The first-order valence-corrected chi connectivity index (χ1v) is 4.71. The molecule has 0 aliphatic heterocycles. The lowest BCUT2D eigenvalue weighted by Crippen LogP contribution is -1.87. The van der Waals surface area contributed by atoms with Crippen molar-refractivity contribution in [1.82, 2.24) is 0 Å². The van der Waals surface area contributed by atoms with E-state index in [1.807, 2.05) is 0 Å². The molecule has 12 heavy (non-hydrogen) atoms. The van der Waals surface area contributed by atoms with E-state index < -0.39 is 17.4 Å². The van der Waals surface area contributed by atoms with Gasteiger partial charge in [0.1, 0.15) is 0 Å². The molecule has 0 spiro atoms. The van der Waals surface area contributed by atoms with Crippen molar-refractivity contribution in [2.75, 3.05) is 6.67 Å². The van der Waals surface area contributed by atoms with Gasteiger partial charge in [0.15, 0.2) is 10.7 Å². The molecule has 0 N–H and O–H groups in total. The van der Waals surface area contributed by atoms with Gasteiger partial charge in [-0.2, -0.15) is 0 Å². The number of benzene rings is 1. The smallest absolute Gasteiger partial charge is 0.168 e. The number of aryl methyl sites for hydroxylation is 1. The van der Waals surface area contributed by atoms with E-state index >= 15 is 0 Å². The van der Waals surface area contributed by atoms with Gasteiger partial charge in [-0.25, -0.2) is 8.42 Å². The van der Waals surface area contributed by atoms with E-state index in [0.717, 1.165) is 5.56 Å². The molecular formula is C8H9FO2S. The Kier molecular flexibility index (Phi) is 3.22. The largest absolute Gasteiger partial charge is 0.251 e. The summed E-state index contributed by atoms with van der Waals surface area (Å²) in [6.45, 7) is -0.414. The molecular weight excluding hydrogens is 179 g/mol. The molecule has 0 amide bonds. The van der Waals surface area contributed by atoms with Crippen molar-refractivity contribution in [1.29, 1.82) is 0 Å². The minimum atomic E-state index is -2.51. The summed E-state index contributed by atoms with van der Waals surface area (Å²) in [5.74, 6) is 0. The summed E-state index contributed by atoms with van der Waals surface area (Å²) in [7, 11) is -2.51. The van der Waals surface area contributed by atoms with E-state index in [0.29, 0.717) is 6.42 Å². The van der Waals surface area contributed by atoms with Gasteiger partial charge in [0, 0.05) is 6.42 Å². The van der Waals surface area contributed by atoms with Crippen molar-refractivity contribution in [3.8, 4) is 0 Å². The van der Waals surface area contributed by atoms with Crippen LogP contribution in [0.5, 0.6) is 0 Å². The first kappa shape index (κ1) is 9.19. The second-order valence-corrected chi connectivity index (χ2v) is 3.39. The molecule has 0 saturated heterocycles. The molecule has 0 aromatic heterocycles. The van der Waals surface area contributed by atoms with Gasteiger partial charge >= 0.3 is 0 Å². The molecule has 0 unspecified atom stereocenters. The normalized spacial score (nSPS) is 10.5. The molecule has 0 heterocycles. The van der Waals surface area contributed by atoms with E-state index in [1.165, 1.54) is 12.1 Å². The Balaban J connectivity index is 2.85. The molecule has 1 aromatic rings. The lowest BCUT2D eigenvalue weighted by molar-refractivity contribution is 0.495. The summed E-state index contributed by atoms with van der Waals surface area (Å²) >= 11 is 0. The Labute approximate surface area is 72.0 Å². The van der Waals surface area contributed by atoms with Gasteiger partial charge in [0.2, 0.25) is 0 Å². The first-order valence-electron chi connectivity index (χ1n) is 3.53. The van der Waals surface area contributed by atoms with E-state index in [2.05, 4.69) is 0 Å². The highest BCUT2D eigenvalue weighted by Crippen LogP contribution is 2.05. The molecule has 1 aromatic carbocycles. The third-order valence-corrected chi connectivity index (χ3v) is 2.25. The van der Waals surface area contributed by atoms with Gasteiger partial charge in [0.25, 0.3) is 0 Å². The fraction of sp³-hybridized carbons (Fsp3) is 0.250. The Bertz CT molecular complexity index is 308. The van der Waals surface area contributed by atoms with Crippen LogP contribution in [0.1, 0.15) is 5.56 Å². The van der Waals surface area contributed by atoms with Gasteiger partial charge in [-0.1, -0.05) is 12.1 Å². The third-order valence-electron chi connectivity index (χ3n) is 1.53. The molecule has 0 saturated carbocycles. The van der Waals surface area contributed by atoms with Crippen molar-refractivity contribution in [3.63, 3.8) is 0 Å². The van der Waals surface area contributed by atoms with E-state index in [4.69, 9.17) is 0 Å². The van der Waals surface area contributed by atoms with E-state index in [9.17, 15) is 12.8 Å². The second-order valence-electron chi connectivity index (χ2n) is 2.36. The summed E-state index contributed by atoms with van der Waals surface area (Å²) in [4.78, 5) is 0.271. The number of hydrogen-bond acceptors (Lipinski definition) is 2. The Morgan fingerprint density at radius 2 is 1.75 bits per heavy atom. The zero-order valence-electron chi connectivity index (χ0n) is 6.37. The van der Waals surface area contributed by atoms with Crippen molar-refractivity contribution in [2.24, 2.45) is 0 Å². The fourth-order valence-corrected chi connectivity index (χ4v) is 1.29. The number of thiol groups is 1. The molecule has 0 aliphatic rings. The summed E-state index contributed by atoms with van der Waals surface area (Å²) < 4.78 is 32.7. The predicted molar refractivity (Wildman–Crippen MR) is 44.7 cm³/mol. The van der Waals surface area contributed by atoms with Crippen LogP contribution in [-0.2, 0) is 17.1 Å². The summed E-state index contributed by atoms with van der Waals surface area (Å²) in [6, 6.07) is 6.22. The Morgan fingerprint density at radius 1 is 1.17 bits per heavy atom. The average molecular weight is 188 g/mol. The van der Waals surface area contributed by atoms with Crippen molar-refractivity contribution in [3.05, 3.63) is 29.8 Å². The van der Waals surface area contributed by atoms with Gasteiger partial charge in [-0.15, -0.1) is 0 Å². The summed E-state index contributed by atoms with van der Waals surface area (Å²) in [6.07, 6.45) is 0.343. The van der Waals surface area contributed by atoms with E-state index in [1.54, 1.807) is 12.1 Å². The van der Waals surface area contributed by atoms with Crippen LogP contribution in [0.4, 0.5) is 4.39 Å². The van der Waals surface area contributed by atoms with Crippen LogP contribution in [-0.4, -0.2) is 15.1 Å². The minimum Gasteiger partial charge on any atom is -0.251 e. The van der Waals surface area contributed by atoms with Crippen LogP contribution in [0, 0.1) is 0 Å². The number of rotatable bonds is 3. The fourth-order valence-electron chi connectivity index (χ4n) is 0.893. The molecule has 1 rings (SSSR count). The summed E-state index contributed by atoms with van der Waals surface area (Å²) in [5.41, 5.74) is 0.818. The SMILES string of the molecule is O=[SH](=O)c1ccc(CCF)cc1. The quantitative estimate of drug-likeness (QED) is 0.722. The molecule has 2 nitrogen and oxygen atoms in total. The van der Waals surface area contributed by atoms with Crippen LogP contribution < -0.4 is 0 Å². The topological polar surface area (TPSA) is 34.1 Å². The van der Waals surface area contributed by atoms with Gasteiger partial charge in [-0.05, 0) is 17.7 Å². The maximum Gasteiger partial charge on any atom is 0.168 e. The van der Waals surface area contributed by atoms with E-state index in [-0.39, 0.29) is 4.90 Å². The third kappa shape index (κ3) is 2.30. The predicted octanol–water partition coefficient (Wildman–Crippen LogP) is 1.17. The molecule has 0 aliphatic carbocycles. The monoisotopic (exact) mass is 188 g/mol. The van der Waals surface area contributed by atoms with Crippen LogP contribution in [0.25, 0.3) is 0 Å². The Hall–Kier alpha value is -0.900. The maximum atomic E-state index is 11.8. The maximum absolute atomic E-state index is 11.8.